The first kappa shape index (κ1) is 11.8. The molecule has 14 heavy (non-hydrogen) atoms. The van der Waals surface area contributed by atoms with Crippen molar-refractivity contribution < 1.29 is 18.3 Å². The average Bonchev–Trinajstić information content (AvgIpc) is 2.07. The second-order valence-corrected chi connectivity index (χ2v) is 3.82. The molecule has 0 aromatic heterocycles. The van der Waals surface area contributed by atoms with Crippen molar-refractivity contribution in [3.05, 3.63) is 32.8 Å². The fourth-order valence-electron chi connectivity index (χ4n) is 0.925. The highest BCUT2D eigenvalue weighted by atomic mass is 79.9. The Morgan fingerprint density at radius 1 is 1.36 bits per heavy atom. The highest BCUT2D eigenvalue weighted by Gasteiger charge is 2.31. The molecule has 0 atom stereocenters. The molecule has 0 bridgehead atoms. The molecule has 0 aliphatic carbocycles. The lowest BCUT2D eigenvalue weighted by atomic mass is 10.1. The fraction of sp³-hybridized carbons (Fsp3) is 0.250. The third kappa shape index (κ3) is 2.40. The van der Waals surface area contributed by atoms with Crippen LogP contribution in [-0.2, 0) is 12.8 Å². The van der Waals surface area contributed by atoms with Crippen molar-refractivity contribution in [2.45, 2.75) is 12.8 Å². The maximum Gasteiger partial charge on any atom is 0.416 e. The summed E-state index contributed by atoms with van der Waals surface area (Å²) in [6.07, 6.45) is -4.43. The van der Waals surface area contributed by atoms with Crippen molar-refractivity contribution in [3.8, 4) is 0 Å². The minimum absolute atomic E-state index is 0.0494. The van der Waals surface area contributed by atoms with Crippen LogP contribution in [0.5, 0.6) is 0 Å². The molecule has 0 aliphatic heterocycles. The number of alkyl halides is 3. The Hall–Kier alpha value is -0.260. The molecule has 1 aromatic carbocycles. The van der Waals surface area contributed by atoms with Crippen LogP contribution >= 0.6 is 27.5 Å². The quantitative estimate of drug-likeness (QED) is 0.837. The van der Waals surface area contributed by atoms with Crippen LogP contribution in [0, 0.1) is 0 Å². The van der Waals surface area contributed by atoms with Gasteiger partial charge in [-0.25, -0.2) is 0 Å². The zero-order valence-electron chi connectivity index (χ0n) is 6.70. The first-order chi connectivity index (χ1) is 6.36. The summed E-state index contributed by atoms with van der Waals surface area (Å²) in [5.41, 5.74) is -0.786. The van der Waals surface area contributed by atoms with Gasteiger partial charge in [0.1, 0.15) is 0 Å². The zero-order chi connectivity index (χ0) is 10.9. The molecule has 0 saturated carbocycles. The smallest absolute Gasteiger partial charge is 0.392 e. The summed E-state index contributed by atoms with van der Waals surface area (Å²) >= 11 is 8.53. The van der Waals surface area contributed by atoms with Crippen LogP contribution in [0.1, 0.15) is 11.1 Å². The highest BCUT2D eigenvalue weighted by molar-refractivity contribution is 9.10. The van der Waals surface area contributed by atoms with E-state index in [4.69, 9.17) is 16.7 Å². The third-order valence-electron chi connectivity index (χ3n) is 1.60. The summed E-state index contributed by atoms with van der Waals surface area (Å²) in [5.74, 6) is 0. The first-order valence-electron chi connectivity index (χ1n) is 3.52. The average molecular weight is 289 g/mol. The predicted molar refractivity (Wildman–Crippen MR) is 50.1 cm³/mol. The number of aliphatic hydroxyl groups excluding tert-OH is 1. The van der Waals surface area contributed by atoms with Crippen LogP contribution in [-0.4, -0.2) is 5.11 Å². The van der Waals surface area contributed by atoms with Crippen molar-refractivity contribution in [2.75, 3.05) is 0 Å². The minimum atomic E-state index is -4.43. The third-order valence-corrected chi connectivity index (χ3v) is 2.90. The van der Waals surface area contributed by atoms with Crippen molar-refractivity contribution in [1.82, 2.24) is 0 Å². The monoisotopic (exact) mass is 288 g/mol. The normalized spacial score (nSPS) is 11.9. The van der Waals surface area contributed by atoms with E-state index in [1.165, 1.54) is 0 Å². The van der Waals surface area contributed by atoms with Gasteiger partial charge in [-0.05, 0) is 33.6 Å². The van der Waals surface area contributed by atoms with Crippen LogP contribution < -0.4 is 0 Å². The molecule has 1 N–H and O–H groups in total. The Balaban J connectivity index is 3.30. The zero-order valence-corrected chi connectivity index (χ0v) is 9.04. The van der Waals surface area contributed by atoms with E-state index in [2.05, 4.69) is 15.9 Å². The summed E-state index contributed by atoms with van der Waals surface area (Å²) in [7, 11) is 0. The standard InChI is InChI=1S/C8H5BrClF3O/c9-6-2-5(8(11,12)13)1-4(3-14)7(6)10/h1-2,14H,3H2. The molecule has 1 nitrogen and oxygen atoms in total. The number of halogens is 5. The van der Waals surface area contributed by atoms with Crippen molar-refractivity contribution >= 4 is 27.5 Å². The lowest BCUT2D eigenvalue weighted by Gasteiger charge is -2.10. The molecule has 1 aromatic rings. The van der Waals surface area contributed by atoms with Gasteiger partial charge in [-0.2, -0.15) is 13.2 Å². The van der Waals surface area contributed by atoms with Gasteiger partial charge in [0.2, 0.25) is 0 Å². The largest absolute Gasteiger partial charge is 0.416 e. The molecule has 0 aliphatic rings. The van der Waals surface area contributed by atoms with Crippen LogP contribution in [0.3, 0.4) is 0 Å². The Morgan fingerprint density at radius 3 is 2.36 bits per heavy atom. The van der Waals surface area contributed by atoms with Gasteiger partial charge in [-0.3, -0.25) is 0 Å². The van der Waals surface area contributed by atoms with Gasteiger partial charge in [0.25, 0.3) is 0 Å². The fourth-order valence-corrected chi connectivity index (χ4v) is 1.59. The molecule has 6 heteroatoms. The topological polar surface area (TPSA) is 20.2 Å². The molecule has 0 fully saturated rings. The second kappa shape index (κ2) is 4.08. The summed E-state index contributed by atoms with van der Waals surface area (Å²) in [6.45, 7) is -0.526. The van der Waals surface area contributed by atoms with Crippen LogP contribution in [0.15, 0.2) is 16.6 Å². The Bertz CT molecular complexity index is 351. The van der Waals surface area contributed by atoms with E-state index in [-0.39, 0.29) is 15.1 Å². The molecular formula is C8H5BrClF3O. The molecule has 0 saturated heterocycles. The van der Waals surface area contributed by atoms with Crippen LogP contribution in [0.4, 0.5) is 13.2 Å². The number of benzene rings is 1. The predicted octanol–water partition coefficient (Wildman–Crippen LogP) is 3.61. The maximum atomic E-state index is 12.3. The van der Waals surface area contributed by atoms with E-state index < -0.39 is 18.3 Å². The number of rotatable bonds is 1. The lowest BCUT2D eigenvalue weighted by molar-refractivity contribution is -0.137. The molecule has 0 spiro atoms. The molecule has 0 radical (unpaired) electrons. The van der Waals surface area contributed by atoms with Gasteiger partial charge in [0.05, 0.1) is 17.2 Å². The van der Waals surface area contributed by atoms with E-state index >= 15 is 0 Å². The van der Waals surface area contributed by atoms with E-state index in [1.807, 2.05) is 0 Å². The molecule has 0 amide bonds. The number of aliphatic hydroxyl groups is 1. The van der Waals surface area contributed by atoms with Gasteiger partial charge in [0, 0.05) is 4.47 Å². The van der Waals surface area contributed by atoms with Crippen LogP contribution in [0.25, 0.3) is 0 Å². The molecule has 0 heterocycles. The Kier molecular flexibility index (Phi) is 3.44. The van der Waals surface area contributed by atoms with Gasteiger partial charge < -0.3 is 5.11 Å². The van der Waals surface area contributed by atoms with E-state index in [0.29, 0.717) is 0 Å². The van der Waals surface area contributed by atoms with Gasteiger partial charge in [-0.1, -0.05) is 11.6 Å². The van der Waals surface area contributed by atoms with Crippen LogP contribution in [0.2, 0.25) is 5.02 Å². The molecule has 0 unspecified atom stereocenters. The number of hydrogen-bond acceptors (Lipinski definition) is 1. The van der Waals surface area contributed by atoms with Crippen molar-refractivity contribution in [3.63, 3.8) is 0 Å². The molecular weight excluding hydrogens is 284 g/mol. The van der Waals surface area contributed by atoms with E-state index in [1.54, 1.807) is 0 Å². The van der Waals surface area contributed by atoms with E-state index in [0.717, 1.165) is 12.1 Å². The highest BCUT2D eigenvalue weighted by Crippen LogP contribution is 2.36. The Labute approximate surface area is 91.6 Å². The molecule has 78 valence electrons. The van der Waals surface area contributed by atoms with Crippen molar-refractivity contribution in [1.29, 1.82) is 0 Å². The lowest BCUT2D eigenvalue weighted by Crippen LogP contribution is -2.06. The summed E-state index contributed by atoms with van der Waals surface area (Å²) in [5, 5.41) is 8.86. The van der Waals surface area contributed by atoms with Gasteiger partial charge >= 0.3 is 6.18 Å². The SMILES string of the molecule is OCc1cc(C(F)(F)F)cc(Br)c1Cl. The minimum Gasteiger partial charge on any atom is -0.392 e. The van der Waals surface area contributed by atoms with Crippen molar-refractivity contribution in [2.24, 2.45) is 0 Å². The van der Waals surface area contributed by atoms with E-state index in [9.17, 15) is 13.2 Å². The summed E-state index contributed by atoms with van der Waals surface area (Å²) in [4.78, 5) is 0. The summed E-state index contributed by atoms with van der Waals surface area (Å²) in [6, 6.07) is 1.70. The molecule has 1 rings (SSSR count). The van der Waals surface area contributed by atoms with Gasteiger partial charge in [0.15, 0.2) is 0 Å². The second-order valence-electron chi connectivity index (χ2n) is 2.59. The Morgan fingerprint density at radius 2 is 1.93 bits per heavy atom. The maximum absolute atomic E-state index is 12.3. The first-order valence-corrected chi connectivity index (χ1v) is 4.69. The summed E-state index contributed by atoms with van der Waals surface area (Å²) < 4.78 is 36.9. The van der Waals surface area contributed by atoms with Gasteiger partial charge in [-0.15, -0.1) is 0 Å². The number of hydrogen-bond donors (Lipinski definition) is 1.